The average Bonchev–Trinajstić information content (AvgIpc) is 2.46. The molecule has 2 nitrogen and oxygen atoms in total. The van der Waals surface area contributed by atoms with E-state index in [2.05, 4.69) is 11.9 Å². The highest BCUT2D eigenvalue weighted by atomic mass is 16.3. The van der Waals surface area contributed by atoms with Crippen LogP contribution in [0.15, 0.2) is 0 Å². The van der Waals surface area contributed by atoms with Crippen LogP contribution in [0.2, 0.25) is 0 Å². The normalized spacial score (nSPS) is 21.6. The van der Waals surface area contributed by atoms with E-state index >= 15 is 0 Å². The van der Waals surface area contributed by atoms with Gasteiger partial charge in [0.05, 0.1) is 6.10 Å². The Morgan fingerprint density at radius 1 is 1.60 bits per heavy atom. The first-order valence-electron chi connectivity index (χ1n) is 4.05. The van der Waals surface area contributed by atoms with Gasteiger partial charge in [0.15, 0.2) is 0 Å². The van der Waals surface area contributed by atoms with Gasteiger partial charge in [-0.05, 0) is 32.7 Å². The zero-order valence-corrected chi connectivity index (χ0v) is 6.88. The zero-order chi connectivity index (χ0) is 7.56. The molecule has 0 saturated heterocycles. The van der Waals surface area contributed by atoms with Gasteiger partial charge in [-0.1, -0.05) is 0 Å². The fourth-order valence-corrected chi connectivity index (χ4v) is 1.27. The molecule has 0 aromatic rings. The van der Waals surface area contributed by atoms with Crippen molar-refractivity contribution in [2.75, 3.05) is 20.1 Å². The highest BCUT2D eigenvalue weighted by Gasteiger charge is 2.22. The SMILES string of the molecule is C[C@H](O)CN(C)CC1CC1. The molecule has 2 heteroatoms. The van der Waals surface area contributed by atoms with Crippen molar-refractivity contribution in [1.82, 2.24) is 4.90 Å². The summed E-state index contributed by atoms with van der Waals surface area (Å²) in [5, 5.41) is 9.01. The summed E-state index contributed by atoms with van der Waals surface area (Å²) in [7, 11) is 2.07. The summed E-state index contributed by atoms with van der Waals surface area (Å²) in [4.78, 5) is 2.21. The third-order valence-corrected chi connectivity index (χ3v) is 1.84. The molecule has 0 aliphatic heterocycles. The Morgan fingerprint density at radius 2 is 2.20 bits per heavy atom. The van der Waals surface area contributed by atoms with Crippen molar-refractivity contribution in [3.63, 3.8) is 0 Å². The van der Waals surface area contributed by atoms with Crippen LogP contribution in [0, 0.1) is 5.92 Å². The first-order valence-corrected chi connectivity index (χ1v) is 4.05. The summed E-state index contributed by atoms with van der Waals surface area (Å²) in [6.07, 6.45) is 2.61. The van der Waals surface area contributed by atoms with Crippen LogP contribution in [0.3, 0.4) is 0 Å². The van der Waals surface area contributed by atoms with Gasteiger partial charge < -0.3 is 10.0 Å². The van der Waals surface area contributed by atoms with E-state index < -0.39 is 0 Å². The molecule has 1 atom stereocenters. The second-order valence-corrected chi connectivity index (χ2v) is 3.51. The molecule has 0 radical (unpaired) electrons. The van der Waals surface area contributed by atoms with Crippen LogP contribution in [0.5, 0.6) is 0 Å². The summed E-state index contributed by atoms with van der Waals surface area (Å²) in [5.41, 5.74) is 0. The van der Waals surface area contributed by atoms with Gasteiger partial charge >= 0.3 is 0 Å². The van der Waals surface area contributed by atoms with Gasteiger partial charge in [0, 0.05) is 13.1 Å². The van der Waals surface area contributed by atoms with Crippen molar-refractivity contribution >= 4 is 0 Å². The quantitative estimate of drug-likeness (QED) is 0.626. The van der Waals surface area contributed by atoms with Crippen molar-refractivity contribution in [3.8, 4) is 0 Å². The molecule has 10 heavy (non-hydrogen) atoms. The average molecular weight is 143 g/mol. The number of rotatable bonds is 4. The van der Waals surface area contributed by atoms with Gasteiger partial charge in [-0.25, -0.2) is 0 Å². The molecule has 0 bridgehead atoms. The lowest BCUT2D eigenvalue weighted by Gasteiger charge is -2.17. The topological polar surface area (TPSA) is 23.5 Å². The molecular formula is C8H17NO. The van der Waals surface area contributed by atoms with E-state index in [0.29, 0.717) is 0 Å². The molecule has 1 rings (SSSR count). The Bertz CT molecular complexity index is 95.4. The Morgan fingerprint density at radius 3 is 2.60 bits per heavy atom. The standard InChI is InChI=1S/C8H17NO/c1-7(10)5-9(2)6-8-3-4-8/h7-8,10H,3-6H2,1-2H3/t7-/m0/s1. The molecule has 1 fully saturated rings. The largest absolute Gasteiger partial charge is 0.392 e. The fraction of sp³-hybridized carbons (Fsp3) is 1.00. The van der Waals surface area contributed by atoms with Crippen LogP contribution in [0.4, 0.5) is 0 Å². The second-order valence-electron chi connectivity index (χ2n) is 3.51. The summed E-state index contributed by atoms with van der Waals surface area (Å²) in [6.45, 7) is 3.82. The monoisotopic (exact) mass is 143 g/mol. The van der Waals surface area contributed by atoms with Crippen molar-refractivity contribution < 1.29 is 5.11 Å². The fourth-order valence-electron chi connectivity index (χ4n) is 1.27. The Balaban J connectivity index is 2.02. The smallest absolute Gasteiger partial charge is 0.0638 e. The maximum absolute atomic E-state index is 9.01. The number of likely N-dealkylation sites (N-methyl/N-ethyl adjacent to an activating group) is 1. The van der Waals surface area contributed by atoms with Crippen LogP contribution in [-0.2, 0) is 0 Å². The van der Waals surface area contributed by atoms with E-state index in [-0.39, 0.29) is 6.10 Å². The number of hydrogen-bond acceptors (Lipinski definition) is 2. The minimum absolute atomic E-state index is 0.177. The molecule has 1 N–H and O–H groups in total. The van der Waals surface area contributed by atoms with Crippen molar-refractivity contribution in [1.29, 1.82) is 0 Å². The van der Waals surface area contributed by atoms with E-state index in [9.17, 15) is 0 Å². The van der Waals surface area contributed by atoms with E-state index in [0.717, 1.165) is 12.5 Å². The summed E-state index contributed by atoms with van der Waals surface area (Å²) in [6, 6.07) is 0. The third-order valence-electron chi connectivity index (χ3n) is 1.84. The minimum Gasteiger partial charge on any atom is -0.392 e. The van der Waals surface area contributed by atoms with E-state index in [1.165, 1.54) is 19.4 Å². The summed E-state index contributed by atoms with van der Waals surface area (Å²) in [5.74, 6) is 0.934. The van der Waals surface area contributed by atoms with Crippen LogP contribution < -0.4 is 0 Å². The predicted octanol–water partition coefficient (Wildman–Crippen LogP) is 0.709. The highest BCUT2D eigenvalue weighted by molar-refractivity contribution is 4.76. The number of hydrogen-bond donors (Lipinski definition) is 1. The maximum atomic E-state index is 9.01. The van der Waals surface area contributed by atoms with Gasteiger partial charge in [-0.3, -0.25) is 0 Å². The number of aliphatic hydroxyl groups excluding tert-OH is 1. The van der Waals surface area contributed by atoms with Crippen LogP contribution in [0.25, 0.3) is 0 Å². The zero-order valence-electron chi connectivity index (χ0n) is 6.88. The third kappa shape index (κ3) is 3.18. The molecule has 1 aliphatic carbocycles. The lowest BCUT2D eigenvalue weighted by atomic mass is 10.3. The molecule has 0 spiro atoms. The minimum atomic E-state index is -0.177. The second kappa shape index (κ2) is 3.35. The predicted molar refractivity (Wildman–Crippen MR) is 41.9 cm³/mol. The van der Waals surface area contributed by atoms with Gasteiger partial charge in [-0.2, -0.15) is 0 Å². The van der Waals surface area contributed by atoms with Crippen molar-refractivity contribution in [2.24, 2.45) is 5.92 Å². The van der Waals surface area contributed by atoms with E-state index in [1.54, 1.807) is 0 Å². The van der Waals surface area contributed by atoms with Crippen molar-refractivity contribution in [2.45, 2.75) is 25.9 Å². The van der Waals surface area contributed by atoms with Crippen LogP contribution >= 0.6 is 0 Å². The maximum Gasteiger partial charge on any atom is 0.0638 e. The lowest BCUT2D eigenvalue weighted by molar-refractivity contribution is 0.139. The highest BCUT2D eigenvalue weighted by Crippen LogP contribution is 2.29. The number of nitrogens with zero attached hydrogens (tertiary/aromatic N) is 1. The molecule has 0 unspecified atom stereocenters. The summed E-state index contributed by atoms with van der Waals surface area (Å²) < 4.78 is 0. The van der Waals surface area contributed by atoms with Crippen molar-refractivity contribution in [3.05, 3.63) is 0 Å². The van der Waals surface area contributed by atoms with E-state index in [4.69, 9.17) is 5.11 Å². The molecule has 0 amide bonds. The Labute approximate surface area is 62.8 Å². The van der Waals surface area contributed by atoms with Gasteiger partial charge in [0.1, 0.15) is 0 Å². The molecule has 1 aliphatic rings. The van der Waals surface area contributed by atoms with Crippen LogP contribution in [0.1, 0.15) is 19.8 Å². The molecule has 0 heterocycles. The lowest BCUT2D eigenvalue weighted by Crippen LogP contribution is -2.28. The molecule has 60 valence electrons. The number of aliphatic hydroxyl groups is 1. The first kappa shape index (κ1) is 8.02. The van der Waals surface area contributed by atoms with Gasteiger partial charge in [-0.15, -0.1) is 0 Å². The molecule has 0 aromatic carbocycles. The Hall–Kier alpha value is -0.0800. The molecule has 0 aromatic heterocycles. The first-order chi connectivity index (χ1) is 4.68. The Kier molecular flexibility index (Phi) is 2.69. The van der Waals surface area contributed by atoms with Crippen LogP contribution in [-0.4, -0.2) is 36.2 Å². The molecular weight excluding hydrogens is 126 g/mol. The van der Waals surface area contributed by atoms with Gasteiger partial charge in [0.25, 0.3) is 0 Å². The van der Waals surface area contributed by atoms with Gasteiger partial charge in [0.2, 0.25) is 0 Å². The molecule has 1 saturated carbocycles. The summed E-state index contributed by atoms with van der Waals surface area (Å²) >= 11 is 0. The van der Waals surface area contributed by atoms with E-state index in [1.807, 2.05) is 6.92 Å².